The number of nitrogens with zero attached hydrogens (tertiary/aromatic N) is 4. The zero-order valence-corrected chi connectivity index (χ0v) is 14.2. The van der Waals surface area contributed by atoms with Crippen molar-refractivity contribution in [2.75, 3.05) is 6.61 Å². The van der Waals surface area contributed by atoms with Crippen LogP contribution >= 0.6 is 0 Å². The van der Waals surface area contributed by atoms with Crippen LogP contribution in [0.2, 0.25) is 0 Å². The number of hydrogen-bond acceptors (Lipinski definition) is 7. The van der Waals surface area contributed by atoms with E-state index in [9.17, 15) is 15.3 Å². The van der Waals surface area contributed by atoms with Gasteiger partial charge in [0.05, 0.1) is 23.3 Å². The highest BCUT2D eigenvalue weighted by Gasteiger charge is 2.31. The van der Waals surface area contributed by atoms with Gasteiger partial charge in [-0.3, -0.25) is 0 Å². The third-order valence-corrected chi connectivity index (χ3v) is 4.39. The Bertz CT molecular complexity index is 1080. The van der Waals surface area contributed by atoms with E-state index in [-0.39, 0.29) is 5.69 Å². The largest absolute Gasteiger partial charge is 0.394 e. The van der Waals surface area contributed by atoms with Gasteiger partial charge >= 0.3 is 0 Å². The fourth-order valence-corrected chi connectivity index (χ4v) is 2.94. The van der Waals surface area contributed by atoms with Crippen LogP contribution in [-0.4, -0.2) is 59.0 Å². The number of hydrogen-bond donors (Lipinski definition) is 4. The van der Waals surface area contributed by atoms with Gasteiger partial charge in [-0.2, -0.15) is 5.10 Å². The van der Waals surface area contributed by atoms with Crippen molar-refractivity contribution in [1.82, 2.24) is 19.7 Å². The molecule has 2 heterocycles. The Hall–Kier alpha value is -2.91. The highest BCUT2D eigenvalue weighted by atomic mass is 16.4. The average molecular weight is 366 g/mol. The third kappa shape index (κ3) is 3.04. The average Bonchev–Trinajstić information content (AvgIpc) is 3.09. The Morgan fingerprint density at radius 1 is 0.852 bits per heavy atom. The molecule has 8 nitrogen and oxygen atoms in total. The fourth-order valence-electron chi connectivity index (χ4n) is 2.94. The molecule has 0 bridgehead atoms. The molecule has 0 aliphatic rings. The van der Waals surface area contributed by atoms with Crippen LogP contribution in [0.1, 0.15) is 11.8 Å². The Labute approximate surface area is 154 Å². The molecule has 0 spiro atoms. The van der Waals surface area contributed by atoms with Crippen LogP contribution in [0, 0.1) is 0 Å². The number of aliphatic hydroxyl groups is 4. The van der Waals surface area contributed by atoms with Crippen molar-refractivity contribution in [2.24, 2.45) is 0 Å². The first-order valence-corrected chi connectivity index (χ1v) is 8.46. The van der Waals surface area contributed by atoms with E-state index in [2.05, 4.69) is 15.1 Å². The summed E-state index contributed by atoms with van der Waals surface area (Å²) in [7, 11) is 0. The van der Waals surface area contributed by atoms with Gasteiger partial charge in [-0.15, -0.1) is 0 Å². The summed E-state index contributed by atoms with van der Waals surface area (Å²) in [4.78, 5) is 9.17. The van der Waals surface area contributed by atoms with Gasteiger partial charge in [0.2, 0.25) is 0 Å². The fraction of sp³-hybridized carbons (Fsp3) is 0.211. The van der Waals surface area contributed by atoms with Crippen LogP contribution in [0.15, 0.2) is 54.6 Å². The number of para-hydroxylation sites is 3. The Kier molecular flexibility index (Phi) is 4.54. The highest BCUT2D eigenvalue weighted by molar-refractivity contribution is 5.86. The summed E-state index contributed by atoms with van der Waals surface area (Å²) in [6.45, 7) is -0.690. The van der Waals surface area contributed by atoms with Gasteiger partial charge in [-0.1, -0.05) is 30.3 Å². The standard InChI is InChI=1S/C19H18N4O4/c24-10-14(25)17(26)18(27)15-16-19(21-13-9-5-4-8-12(13)20-16)23(22-15)11-6-2-1-3-7-11/h1-9,14,17-18,24-27H,10H2/t14-,17-,18-/m1/s1. The van der Waals surface area contributed by atoms with E-state index in [1.807, 2.05) is 48.5 Å². The first-order chi connectivity index (χ1) is 13.1. The van der Waals surface area contributed by atoms with E-state index < -0.39 is 24.9 Å². The maximum atomic E-state index is 10.6. The molecule has 0 saturated heterocycles. The van der Waals surface area contributed by atoms with E-state index in [1.54, 1.807) is 6.07 Å². The molecule has 3 atom stereocenters. The van der Waals surface area contributed by atoms with Gasteiger partial charge in [-0.25, -0.2) is 14.6 Å². The van der Waals surface area contributed by atoms with Crippen LogP contribution < -0.4 is 0 Å². The molecular weight excluding hydrogens is 348 g/mol. The quantitative estimate of drug-likeness (QED) is 0.410. The minimum absolute atomic E-state index is 0.0760. The molecule has 2 aromatic heterocycles. The normalized spacial score (nSPS) is 15.1. The van der Waals surface area contributed by atoms with Gasteiger partial charge in [0.1, 0.15) is 29.5 Å². The molecule has 2 aromatic carbocycles. The van der Waals surface area contributed by atoms with Gasteiger partial charge in [0.25, 0.3) is 0 Å². The lowest BCUT2D eigenvalue weighted by molar-refractivity contribution is -0.0786. The second kappa shape index (κ2) is 7.01. The lowest BCUT2D eigenvalue weighted by atomic mass is 10.1. The topological polar surface area (TPSA) is 125 Å². The maximum absolute atomic E-state index is 10.6. The summed E-state index contributed by atoms with van der Waals surface area (Å²) in [6.07, 6.45) is -4.67. The summed E-state index contributed by atoms with van der Waals surface area (Å²) >= 11 is 0. The maximum Gasteiger partial charge on any atom is 0.182 e. The van der Waals surface area contributed by atoms with Gasteiger partial charge in [-0.05, 0) is 24.3 Å². The molecule has 0 aliphatic heterocycles. The van der Waals surface area contributed by atoms with E-state index in [4.69, 9.17) is 5.11 Å². The van der Waals surface area contributed by atoms with Crippen molar-refractivity contribution < 1.29 is 20.4 Å². The van der Waals surface area contributed by atoms with E-state index in [0.717, 1.165) is 0 Å². The second-order valence-electron chi connectivity index (χ2n) is 6.20. The number of benzene rings is 2. The van der Waals surface area contributed by atoms with Crippen molar-refractivity contribution >= 4 is 22.2 Å². The molecule has 138 valence electrons. The van der Waals surface area contributed by atoms with Crippen molar-refractivity contribution in [3.8, 4) is 5.69 Å². The SMILES string of the molecule is OC[C@@H](O)[C@@H](O)[C@H](O)c1nn(-c2ccccc2)c2nc3ccccc3nc12. The van der Waals surface area contributed by atoms with Gasteiger partial charge in [0, 0.05) is 0 Å². The van der Waals surface area contributed by atoms with Crippen LogP contribution in [0.3, 0.4) is 0 Å². The van der Waals surface area contributed by atoms with Crippen LogP contribution in [0.5, 0.6) is 0 Å². The molecule has 27 heavy (non-hydrogen) atoms. The zero-order chi connectivity index (χ0) is 19.0. The molecule has 8 heteroatoms. The molecule has 0 amide bonds. The van der Waals surface area contributed by atoms with Gasteiger partial charge < -0.3 is 20.4 Å². The van der Waals surface area contributed by atoms with Crippen molar-refractivity contribution in [2.45, 2.75) is 18.3 Å². The lowest BCUT2D eigenvalue weighted by Gasteiger charge is -2.19. The molecule has 0 saturated carbocycles. The Morgan fingerprint density at radius 2 is 1.48 bits per heavy atom. The van der Waals surface area contributed by atoms with Crippen LogP contribution in [-0.2, 0) is 0 Å². The first kappa shape index (κ1) is 17.5. The summed E-state index contributed by atoms with van der Waals surface area (Å²) in [5.74, 6) is 0. The number of fused-ring (bicyclic) bond motifs is 2. The monoisotopic (exact) mass is 366 g/mol. The van der Waals surface area contributed by atoms with Gasteiger partial charge in [0.15, 0.2) is 5.65 Å². The minimum Gasteiger partial charge on any atom is -0.394 e. The molecule has 4 rings (SSSR count). The molecule has 4 N–H and O–H groups in total. The predicted molar refractivity (Wildman–Crippen MR) is 98.2 cm³/mol. The summed E-state index contributed by atoms with van der Waals surface area (Å²) in [5.41, 5.74) is 2.80. The molecule has 0 radical (unpaired) electrons. The van der Waals surface area contributed by atoms with E-state index >= 15 is 0 Å². The molecule has 0 fully saturated rings. The number of aromatic nitrogens is 4. The minimum atomic E-state index is -1.62. The summed E-state index contributed by atoms with van der Waals surface area (Å²) in [6, 6.07) is 16.5. The van der Waals surface area contributed by atoms with Crippen LogP contribution in [0.4, 0.5) is 0 Å². The molecular formula is C19H18N4O4. The predicted octanol–water partition coefficient (Wildman–Crippen LogP) is 0.716. The smallest absolute Gasteiger partial charge is 0.182 e. The second-order valence-corrected chi connectivity index (χ2v) is 6.20. The zero-order valence-electron chi connectivity index (χ0n) is 14.2. The number of rotatable bonds is 5. The molecule has 0 unspecified atom stereocenters. The molecule has 0 aliphatic carbocycles. The number of aliphatic hydroxyl groups excluding tert-OH is 4. The first-order valence-electron chi connectivity index (χ1n) is 8.46. The molecule has 4 aromatic rings. The van der Waals surface area contributed by atoms with Crippen molar-refractivity contribution in [3.05, 3.63) is 60.3 Å². The van der Waals surface area contributed by atoms with Crippen molar-refractivity contribution in [1.29, 1.82) is 0 Å². The summed E-state index contributed by atoms with van der Waals surface area (Å²) in [5, 5.41) is 43.9. The summed E-state index contributed by atoms with van der Waals surface area (Å²) < 4.78 is 1.53. The van der Waals surface area contributed by atoms with Crippen LogP contribution in [0.25, 0.3) is 27.9 Å². The lowest BCUT2D eigenvalue weighted by Crippen LogP contribution is -2.35. The highest BCUT2D eigenvalue weighted by Crippen LogP contribution is 2.28. The third-order valence-electron chi connectivity index (χ3n) is 4.39. The van der Waals surface area contributed by atoms with E-state index in [1.165, 1.54) is 4.68 Å². The Morgan fingerprint density at radius 3 is 2.15 bits per heavy atom. The van der Waals surface area contributed by atoms with Crippen molar-refractivity contribution in [3.63, 3.8) is 0 Å². The van der Waals surface area contributed by atoms with E-state index in [0.29, 0.717) is 27.9 Å². The Balaban J connectivity index is 1.97.